The van der Waals surface area contributed by atoms with Crippen molar-refractivity contribution in [3.63, 3.8) is 0 Å². The van der Waals surface area contributed by atoms with Crippen molar-refractivity contribution in [1.29, 1.82) is 5.26 Å². The van der Waals surface area contributed by atoms with Crippen LogP contribution in [-0.2, 0) is 11.3 Å². The van der Waals surface area contributed by atoms with E-state index >= 15 is 0 Å². The highest BCUT2D eigenvalue weighted by molar-refractivity contribution is 5.75. The number of rotatable bonds is 3. The molecular formula is C11H9N3O2. The Kier molecular flexibility index (Phi) is 3.88. The Balaban J connectivity index is 2.84. The molecule has 0 radical (unpaired) electrons. The van der Waals surface area contributed by atoms with Gasteiger partial charge in [0.1, 0.15) is 18.2 Å². The van der Waals surface area contributed by atoms with E-state index in [4.69, 9.17) is 11.7 Å². The molecule has 0 fully saturated rings. The first kappa shape index (κ1) is 11.5. The van der Waals surface area contributed by atoms with E-state index in [1.54, 1.807) is 6.07 Å². The molecule has 0 saturated heterocycles. The van der Waals surface area contributed by atoms with Gasteiger partial charge in [-0.15, -0.1) is 6.42 Å². The molecule has 1 aromatic heterocycles. The number of hydrogen-bond donors (Lipinski definition) is 1. The summed E-state index contributed by atoms with van der Waals surface area (Å²) >= 11 is 0. The molecule has 1 N–H and O–H groups in total. The van der Waals surface area contributed by atoms with Crippen molar-refractivity contribution in [3.8, 4) is 18.4 Å². The molecule has 5 heteroatoms. The predicted molar refractivity (Wildman–Crippen MR) is 57.3 cm³/mol. The summed E-state index contributed by atoms with van der Waals surface area (Å²) in [5.74, 6) is 1.88. The molecule has 1 amide bonds. The van der Waals surface area contributed by atoms with Gasteiger partial charge >= 0.3 is 0 Å². The van der Waals surface area contributed by atoms with Crippen LogP contribution in [0.3, 0.4) is 0 Å². The van der Waals surface area contributed by atoms with E-state index < -0.39 is 5.56 Å². The minimum Gasteiger partial charge on any atom is -0.344 e. The summed E-state index contributed by atoms with van der Waals surface area (Å²) in [6.07, 6.45) is 6.41. The number of amides is 1. The van der Waals surface area contributed by atoms with Crippen LogP contribution in [0.4, 0.5) is 0 Å². The fourth-order valence-electron chi connectivity index (χ4n) is 1.11. The summed E-state index contributed by atoms with van der Waals surface area (Å²) in [5.41, 5.74) is -0.479. The molecule has 1 rings (SSSR count). The Morgan fingerprint density at radius 3 is 3.00 bits per heavy atom. The number of terminal acetylenes is 1. The molecule has 0 aliphatic rings. The van der Waals surface area contributed by atoms with Gasteiger partial charge in [0.25, 0.3) is 5.56 Å². The van der Waals surface area contributed by atoms with E-state index in [1.807, 2.05) is 0 Å². The lowest BCUT2D eigenvalue weighted by Crippen LogP contribution is -2.32. The number of aromatic nitrogens is 1. The molecule has 1 heterocycles. The van der Waals surface area contributed by atoms with Gasteiger partial charge in [0.15, 0.2) is 0 Å². The van der Waals surface area contributed by atoms with Crippen LogP contribution in [0.2, 0.25) is 0 Å². The Morgan fingerprint density at radius 1 is 1.62 bits per heavy atom. The minimum atomic E-state index is -0.485. The Hall–Kier alpha value is -2.53. The smallest absolute Gasteiger partial charge is 0.268 e. The van der Waals surface area contributed by atoms with Gasteiger partial charge in [-0.05, 0) is 12.1 Å². The number of nitrogens with one attached hydrogen (secondary N) is 1. The molecule has 80 valence electrons. The average Bonchev–Trinajstić information content (AvgIpc) is 2.29. The van der Waals surface area contributed by atoms with Crippen LogP contribution >= 0.6 is 0 Å². The Bertz CT molecular complexity index is 531. The van der Waals surface area contributed by atoms with Gasteiger partial charge in [-0.2, -0.15) is 5.26 Å². The zero-order chi connectivity index (χ0) is 12.0. The molecular weight excluding hydrogens is 206 g/mol. The van der Waals surface area contributed by atoms with Crippen LogP contribution in [0.5, 0.6) is 0 Å². The van der Waals surface area contributed by atoms with Gasteiger partial charge < -0.3 is 9.88 Å². The maximum absolute atomic E-state index is 11.5. The highest BCUT2D eigenvalue weighted by atomic mass is 16.2. The number of carbonyl (C=O) groups excluding carboxylic acids is 1. The molecule has 0 saturated carbocycles. The lowest BCUT2D eigenvalue weighted by molar-refractivity contribution is -0.121. The van der Waals surface area contributed by atoms with Crippen LogP contribution < -0.4 is 10.9 Å². The maximum atomic E-state index is 11.5. The van der Waals surface area contributed by atoms with Crippen molar-refractivity contribution in [3.05, 3.63) is 34.2 Å². The van der Waals surface area contributed by atoms with E-state index in [0.29, 0.717) is 0 Å². The SMILES string of the molecule is C#CCNC(=O)Cn1cccc(C#N)c1=O. The zero-order valence-corrected chi connectivity index (χ0v) is 8.43. The first-order chi connectivity index (χ1) is 7.69. The van der Waals surface area contributed by atoms with E-state index in [1.165, 1.54) is 18.3 Å². The van der Waals surface area contributed by atoms with Crippen molar-refractivity contribution < 1.29 is 4.79 Å². The molecule has 0 unspecified atom stereocenters. The van der Waals surface area contributed by atoms with Crippen molar-refractivity contribution >= 4 is 5.91 Å². The summed E-state index contributed by atoms with van der Waals surface area (Å²) in [4.78, 5) is 22.8. The van der Waals surface area contributed by atoms with Crippen LogP contribution in [0.15, 0.2) is 23.1 Å². The maximum Gasteiger partial charge on any atom is 0.268 e. The van der Waals surface area contributed by atoms with Gasteiger partial charge in [-0.25, -0.2) is 0 Å². The quantitative estimate of drug-likeness (QED) is 0.689. The van der Waals surface area contributed by atoms with Gasteiger partial charge in [0.2, 0.25) is 5.91 Å². The third-order valence-corrected chi connectivity index (χ3v) is 1.84. The number of nitriles is 1. The summed E-state index contributed by atoms with van der Waals surface area (Å²) in [6, 6.07) is 4.69. The summed E-state index contributed by atoms with van der Waals surface area (Å²) in [6.45, 7) is -0.0262. The fourth-order valence-corrected chi connectivity index (χ4v) is 1.11. The monoisotopic (exact) mass is 215 g/mol. The number of hydrogen-bond acceptors (Lipinski definition) is 3. The molecule has 16 heavy (non-hydrogen) atoms. The first-order valence-corrected chi connectivity index (χ1v) is 4.48. The van der Waals surface area contributed by atoms with E-state index in [0.717, 1.165) is 4.57 Å². The number of pyridine rings is 1. The minimum absolute atomic E-state index is 0.00671. The molecule has 0 atom stereocenters. The van der Waals surface area contributed by atoms with Crippen LogP contribution in [0, 0.1) is 23.7 Å². The van der Waals surface area contributed by atoms with Gasteiger partial charge in [-0.3, -0.25) is 9.59 Å². The van der Waals surface area contributed by atoms with Gasteiger partial charge in [-0.1, -0.05) is 5.92 Å². The van der Waals surface area contributed by atoms with Crippen LogP contribution in [-0.4, -0.2) is 17.0 Å². The van der Waals surface area contributed by atoms with Crippen LogP contribution in [0.25, 0.3) is 0 Å². The Morgan fingerprint density at radius 2 is 2.38 bits per heavy atom. The van der Waals surface area contributed by atoms with E-state index in [9.17, 15) is 9.59 Å². The standard InChI is InChI=1S/C11H9N3O2/c1-2-5-13-10(15)8-14-6-3-4-9(7-12)11(14)16/h1,3-4,6H,5,8H2,(H,13,15). The second-order valence-electron chi connectivity index (χ2n) is 2.95. The fraction of sp³-hybridized carbons (Fsp3) is 0.182. The molecule has 5 nitrogen and oxygen atoms in total. The second kappa shape index (κ2) is 5.38. The molecule has 0 spiro atoms. The summed E-state index contributed by atoms with van der Waals surface area (Å²) in [7, 11) is 0. The van der Waals surface area contributed by atoms with Gasteiger partial charge in [0, 0.05) is 6.20 Å². The third kappa shape index (κ3) is 2.73. The molecule has 0 bridgehead atoms. The second-order valence-corrected chi connectivity index (χ2v) is 2.95. The van der Waals surface area contributed by atoms with Crippen LogP contribution in [0.1, 0.15) is 5.56 Å². The third-order valence-electron chi connectivity index (χ3n) is 1.84. The molecule has 0 aliphatic carbocycles. The topological polar surface area (TPSA) is 74.9 Å². The summed E-state index contributed by atoms with van der Waals surface area (Å²) in [5, 5.41) is 11.1. The van der Waals surface area contributed by atoms with Crippen molar-refractivity contribution in [2.24, 2.45) is 0 Å². The van der Waals surface area contributed by atoms with E-state index in [2.05, 4.69) is 11.2 Å². The Labute approximate surface area is 92.3 Å². The van der Waals surface area contributed by atoms with Crippen molar-refractivity contribution in [1.82, 2.24) is 9.88 Å². The van der Waals surface area contributed by atoms with Crippen molar-refractivity contribution in [2.45, 2.75) is 6.54 Å². The zero-order valence-electron chi connectivity index (χ0n) is 8.43. The lowest BCUT2D eigenvalue weighted by Gasteiger charge is -2.04. The largest absolute Gasteiger partial charge is 0.344 e. The van der Waals surface area contributed by atoms with Gasteiger partial charge in [0.05, 0.1) is 6.54 Å². The molecule has 0 aromatic carbocycles. The predicted octanol–water partition coefficient (Wildman–Crippen LogP) is -0.531. The lowest BCUT2D eigenvalue weighted by atomic mass is 10.3. The highest BCUT2D eigenvalue weighted by Gasteiger charge is 2.05. The van der Waals surface area contributed by atoms with E-state index in [-0.39, 0.29) is 24.6 Å². The highest BCUT2D eigenvalue weighted by Crippen LogP contribution is 1.89. The summed E-state index contributed by atoms with van der Waals surface area (Å²) < 4.78 is 1.16. The number of carbonyl (C=O) groups is 1. The molecule has 0 aliphatic heterocycles. The normalized spacial score (nSPS) is 8.88. The number of nitrogens with zero attached hydrogens (tertiary/aromatic N) is 2. The first-order valence-electron chi connectivity index (χ1n) is 4.48. The van der Waals surface area contributed by atoms with Crippen molar-refractivity contribution in [2.75, 3.05) is 6.54 Å². The molecule has 1 aromatic rings. The average molecular weight is 215 g/mol.